The van der Waals surface area contributed by atoms with Gasteiger partial charge in [0.25, 0.3) is 0 Å². The minimum absolute atomic E-state index is 0.0449. The van der Waals surface area contributed by atoms with Gasteiger partial charge in [-0.3, -0.25) is 9.59 Å². The standard InChI is InChI=1S/C33H44N2O3/c1-10-25(37)35-33-15-13-28(2,3)18-20(33)26-22(36)17-24-30(6)19-21(34-9)27(38)29(4,5)23(30)11-12-31(24,7)32(26,8)14-16-33/h10,17,19-20,23,26H,1,11-16,18H2,2-8H3,(H,35,37)/t20?,23-,26?,30-,31+,32+,33-/m0/s1. The van der Waals surface area contributed by atoms with Gasteiger partial charge in [0, 0.05) is 22.3 Å². The lowest BCUT2D eigenvalue weighted by Crippen LogP contribution is -2.69. The summed E-state index contributed by atoms with van der Waals surface area (Å²) in [7, 11) is 0. The molecule has 0 aromatic heterocycles. The molecule has 5 aliphatic carbocycles. The van der Waals surface area contributed by atoms with Crippen LogP contribution in [-0.4, -0.2) is 23.0 Å². The van der Waals surface area contributed by atoms with E-state index in [9.17, 15) is 14.4 Å². The van der Waals surface area contributed by atoms with Crippen LogP contribution in [0.4, 0.5) is 0 Å². The second-order valence-corrected chi connectivity index (χ2v) is 15.1. The number of hydrogen-bond donors (Lipinski definition) is 1. The number of ketones is 2. The molecule has 1 N–H and O–H groups in total. The molecule has 5 nitrogen and oxygen atoms in total. The Morgan fingerprint density at radius 1 is 1.05 bits per heavy atom. The highest BCUT2D eigenvalue weighted by atomic mass is 16.2. The number of amides is 1. The Labute approximate surface area is 228 Å². The molecule has 0 bridgehead atoms. The Balaban J connectivity index is 1.68. The molecule has 38 heavy (non-hydrogen) atoms. The van der Waals surface area contributed by atoms with E-state index in [4.69, 9.17) is 6.57 Å². The van der Waals surface area contributed by atoms with Gasteiger partial charge in [0.15, 0.2) is 11.6 Å². The summed E-state index contributed by atoms with van der Waals surface area (Å²) in [6.07, 6.45) is 11.5. The van der Waals surface area contributed by atoms with Gasteiger partial charge in [-0.1, -0.05) is 66.7 Å². The zero-order valence-corrected chi connectivity index (χ0v) is 24.3. The predicted molar refractivity (Wildman–Crippen MR) is 149 cm³/mol. The molecule has 0 heterocycles. The number of allylic oxidation sites excluding steroid dienone is 4. The van der Waals surface area contributed by atoms with E-state index in [1.165, 1.54) is 6.08 Å². The van der Waals surface area contributed by atoms with Gasteiger partial charge in [-0.15, -0.1) is 0 Å². The number of nitrogens with zero attached hydrogens (tertiary/aromatic N) is 1. The zero-order chi connectivity index (χ0) is 28.1. The fourth-order valence-electron chi connectivity index (χ4n) is 10.1. The Morgan fingerprint density at radius 2 is 1.71 bits per heavy atom. The van der Waals surface area contributed by atoms with Crippen molar-refractivity contribution in [1.29, 1.82) is 0 Å². The molecule has 0 aromatic carbocycles. The molecular formula is C33H44N2O3. The number of Topliss-reactive ketones (excluding diaryl/α,β-unsaturated/α-hetero) is 1. The number of fused-ring (bicyclic) bond motifs is 7. The van der Waals surface area contributed by atoms with Crippen LogP contribution < -0.4 is 5.32 Å². The minimum Gasteiger partial charge on any atom is -0.347 e. The highest BCUT2D eigenvalue weighted by Gasteiger charge is 2.69. The maximum Gasteiger partial charge on any atom is 0.243 e. The van der Waals surface area contributed by atoms with Crippen LogP contribution in [0, 0.1) is 51.4 Å². The molecule has 204 valence electrons. The molecule has 3 fully saturated rings. The monoisotopic (exact) mass is 516 g/mol. The van der Waals surface area contributed by atoms with Crippen LogP contribution in [0.1, 0.15) is 93.4 Å². The third-order valence-corrected chi connectivity index (χ3v) is 12.4. The van der Waals surface area contributed by atoms with Crippen LogP contribution in [0.5, 0.6) is 0 Å². The molecule has 7 atom stereocenters. The highest BCUT2D eigenvalue weighted by molar-refractivity contribution is 6.03. The van der Waals surface area contributed by atoms with Gasteiger partial charge in [0.1, 0.15) is 0 Å². The summed E-state index contributed by atoms with van der Waals surface area (Å²) in [5.74, 6) is -0.145. The molecule has 1 amide bonds. The summed E-state index contributed by atoms with van der Waals surface area (Å²) >= 11 is 0. The lowest BCUT2D eigenvalue weighted by molar-refractivity contribution is -0.163. The first-order chi connectivity index (χ1) is 17.5. The number of carbonyl (C=O) groups excluding carboxylic acids is 3. The number of nitrogens with one attached hydrogen (secondary N) is 1. The molecule has 5 rings (SSSR count). The van der Waals surface area contributed by atoms with Crippen molar-refractivity contribution in [2.45, 2.75) is 99.0 Å². The summed E-state index contributed by atoms with van der Waals surface area (Å²) in [6, 6.07) is 0. The first kappa shape index (κ1) is 27.1. The first-order valence-electron chi connectivity index (χ1n) is 14.4. The van der Waals surface area contributed by atoms with E-state index in [2.05, 4.69) is 51.4 Å². The molecule has 5 aliphatic rings. The van der Waals surface area contributed by atoms with Crippen LogP contribution in [0.15, 0.2) is 36.1 Å². The topological polar surface area (TPSA) is 67.6 Å². The van der Waals surface area contributed by atoms with Crippen molar-refractivity contribution >= 4 is 17.5 Å². The Morgan fingerprint density at radius 3 is 2.34 bits per heavy atom. The van der Waals surface area contributed by atoms with Crippen LogP contribution in [0.25, 0.3) is 4.85 Å². The van der Waals surface area contributed by atoms with Crippen molar-refractivity contribution in [3.8, 4) is 0 Å². The molecule has 0 aliphatic heterocycles. The van der Waals surface area contributed by atoms with Gasteiger partial charge >= 0.3 is 0 Å². The van der Waals surface area contributed by atoms with Crippen LogP contribution in [0.3, 0.4) is 0 Å². The van der Waals surface area contributed by atoms with Crippen molar-refractivity contribution in [2.75, 3.05) is 0 Å². The van der Waals surface area contributed by atoms with E-state index >= 15 is 0 Å². The van der Waals surface area contributed by atoms with Crippen molar-refractivity contribution < 1.29 is 14.4 Å². The molecule has 3 saturated carbocycles. The summed E-state index contributed by atoms with van der Waals surface area (Å²) in [4.78, 5) is 44.0. The second kappa shape index (κ2) is 8.03. The normalized spacial score (nSPS) is 44.6. The van der Waals surface area contributed by atoms with E-state index in [-0.39, 0.29) is 62.7 Å². The molecule has 5 heteroatoms. The van der Waals surface area contributed by atoms with Crippen molar-refractivity contribution in [3.05, 3.63) is 47.5 Å². The first-order valence-corrected chi connectivity index (χ1v) is 14.4. The zero-order valence-electron chi connectivity index (χ0n) is 24.3. The van der Waals surface area contributed by atoms with E-state index in [0.717, 1.165) is 50.5 Å². The molecule has 0 saturated heterocycles. The SMILES string of the molecule is [C-]#[N+]C1=C[C@]2(C)C3=CC(=O)C4C5CC(C)(C)CC[C@]5(NC(=O)C=C)CC[C@@]4(C)[C@]3(C)CC[C@H]2C(C)(C)C1=O. The van der Waals surface area contributed by atoms with E-state index in [0.29, 0.717) is 0 Å². The fourth-order valence-corrected chi connectivity index (χ4v) is 10.1. The third-order valence-electron chi connectivity index (χ3n) is 12.4. The highest BCUT2D eigenvalue weighted by Crippen LogP contribution is 2.73. The minimum atomic E-state index is -0.656. The molecule has 0 radical (unpaired) electrons. The van der Waals surface area contributed by atoms with Crippen LogP contribution in [-0.2, 0) is 14.4 Å². The van der Waals surface area contributed by atoms with Gasteiger partial charge in [-0.25, -0.2) is 4.85 Å². The van der Waals surface area contributed by atoms with Crippen LogP contribution >= 0.6 is 0 Å². The second-order valence-electron chi connectivity index (χ2n) is 15.1. The molecule has 0 spiro atoms. The third kappa shape index (κ3) is 3.31. The maximum absolute atomic E-state index is 14.4. The van der Waals surface area contributed by atoms with Gasteiger partial charge < -0.3 is 10.1 Å². The van der Waals surface area contributed by atoms with Gasteiger partial charge in [0.05, 0.1) is 6.57 Å². The van der Waals surface area contributed by atoms with Crippen molar-refractivity contribution in [1.82, 2.24) is 5.32 Å². The van der Waals surface area contributed by atoms with Gasteiger partial charge in [0.2, 0.25) is 11.6 Å². The fraction of sp³-hybridized carbons (Fsp3) is 0.697. The molecular weight excluding hydrogens is 472 g/mol. The van der Waals surface area contributed by atoms with E-state index < -0.39 is 10.8 Å². The summed E-state index contributed by atoms with van der Waals surface area (Å²) < 4.78 is 0. The molecule has 2 unspecified atom stereocenters. The molecule has 0 aromatic rings. The maximum atomic E-state index is 14.4. The number of rotatable bonds is 2. The Kier molecular flexibility index (Phi) is 5.72. The van der Waals surface area contributed by atoms with Crippen molar-refractivity contribution in [2.24, 2.45) is 44.8 Å². The van der Waals surface area contributed by atoms with Gasteiger partial charge in [-0.05, 0) is 85.2 Å². The lowest BCUT2D eigenvalue weighted by atomic mass is 9.35. The lowest BCUT2D eigenvalue weighted by Gasteiger charge is -2.69. The summed E-state index contributed by atoms with van der Waals surface area (Å²) in [6.45, 7) is 26.8. The van der Waals surface area contributed by atoms with E-state index in [1.807, 2.05) is 26.0 Å². The summed E-state index contributed by atoms with van der Waals surface area (Å²) in [5.41, 5.74) is -0.664. The van der Waals surface area contributed by atoms with Crippen molar-refractivity contribution in [3.63, 3.8) is 0 Å². The average Bonchev–Trinajstić information content (AvgIpc) is 2.83. The van der Waals surface area contributed by atoms with Gasteiger partial charge in [-0.2, -0.15) is 0 Å². The summed E-state index contributed by atoms with van der Waals surface area (Å²) in [5, 5.41) is 3.35. The Hall–Kier alpha value is -2.48. The smallest absolute Gasteiger partial charge is 0.243 e. The van der Waals surface area contributed by atoms with E-state index in [1.54, 1.807) is 0 Å². The quantitative estimate of drug-likeness (QED) is 0.332. The largest absolute Gasteiger partial charge is 0.347 e. The Bertz CT molecular complexity index is 1250. The number of carbonyl (C=O) groups is 3. The number of hydrogen-bond acceptors (Lipinski definition) is 3. The van der Waals surface area contributed by atoms with Crippen LogP contribution in [0.2, 0.25) is 0 Å². The average molecular weight is 517 g/mol. The predicted octanol–water partition coefficient (Wildman–Crippen LogP) is 6.61.